The molecule has 1 saturated heterocycles. The highest BCUT2D eigenvalue weighted by Crippen LogP contribution is 2.32. The number of alkyl halides is 3. The molecule has 2 fully saturated rings. The van der Waals surface area contributed by atoms with Crippen molar-refractivity contribution in [2.45, 2.75) is 43.9 Å². The summed E-state index contributed by atoms with van der Waals surface area (Å²) in [4.78, 5) is 40.9. The quantitative estimate of drug-likeness (QED) is 0.292. The lowest BCUT2D eigenvalue weighted by atomic mass is 9.79. The molecule has 14 heteroatoms. The lowest BCUT2D eigenvalue weighted by molar-refractivity contribution is -0.895. The van der Waals surface area contributed by atoms with Crippen molar-refractivity contribution in [3.63, 3.8) is 0 Å². The second kappa shape index (κ2) is 12.5. The van der Waals surface area contributed by atoms with Crippen molar-refractivity contribution in [2.24, 2.45) is 13.0 Å². The van der Waals surface area contributed by atoms with Gasteiger partial charge in [-0.1, -0.05) is 6.07 Å². The molecule has 0 spiro atoms. The minimum Gasteiger partial charge on any atom is -0.353 e. The van der Waals surface area contributed by atoms with E-state index >= 15 is 0 Å². The van der Waals surface area contributed by atoms with E-state index in [-0.39, 0.29) is 40.9 Å². The molecule has 48 heavy (non-hydrogen) atoms. The van der Waals surface area contributed by atoms with Crippen LogP contribution in [-0.2, 0) is 18.0 Å². The third-order valence-electron chi connectivity index (χ3n) is 9.39. The zero-order chi connectivity index (χ0) is 34.4. The Bertz CT molecular complexity index is 1950. The number of carbonyl (C=O) groups excluding carboxylic acids is 2. The second-order valence-electron chi connectivity index (χ2n) is 13.2. The Kier molecular flexibility index (Phi) is 8.51. The average molecular weight is 662 g/mol. The van der Waals surface area contributed by atoms with Crippen molar-refractivity contribution < 1.29 is 27.2 Å². The highest BCUT2D eigenvalue weighted by atomic mass is 19.4. The number of piperidine rings is 1. The molecule has 2 aliphatic rings. The number of hydrogen-bond acceptors (Lipinski definition) is 5. The number of nitrogens with one attached hydrogen (secondary N) is 2. The maximum Gasteiger partial charge on any atom is 0.416 e. The lowest BCUT2D eigenvalue weighted by Gasteiger charge is -2.39. The number of rotatable bonds is 7. The summed E-state index contributed by atoms with van der Waals surface area (Å²) in [5.41, 5.74) is -0.701. The van der Waals surface area contributed by atoms with Gasteiger partial charge in [0.1, 0.15) is 11.3 Å². The van der Waals surface area contributed by atoms with Gasteiger partial charge in [-0.05, 0) is 61.4 Å². The molecule has 0 radical (unpaired) electrons. The van der Waals surface area contributed by atoms with Crippen molar-refractivity contribution in [3.05, 3.63) is 87.8 Å². The van der Waals surface area contributed by atoms with E-state index in [0.717, 1.165) is 47.2 Å². The van der Waals surface area contributed by atoms with Gasteiger partial charge in [-0.15, -0.1) is 0 Å². The van der Waals surface area contributed by atoms with E-state index in [1.165, 1.54) is 34.7 Å². The molecule has 1 aliphatic heterocycles. The Labute approximate surface area is 274 Å². The van der Waals surface area contributed by atoms with Gasteiger partial charge in [0.15, 0.2) is 0 Å². The van der Waals surface area contributed by atoms with E-state index in [1.807, 2.05) is 6.07 Å². The van der Waals surface area contributed by atoms with Gasteiger partial charge in [0.05, 0.1) is 67.6 Å². The molecule has 4 aromatic rings. The van der Waals surface area contributed by atoms with Crippen molar-refractivity contribution in [3.8, 4) is 28.8 Å². The van der Waals surface area contributed by atoms with E-state index in [9.17, 15) is 32.8 Å². The van der Waals surface area contributed by atoms with Crippen LogP contribution < -0.4 is 16.2 Å². The van der Waals surface area contributed by atoms with Crippen LogP contribution in [-0.4, -0.2) is 74.7 Å². The third kappa shape index (κ3) is 6.37. The standard InChI is InChI=1S/C34H35F3N8O3/c1-42-30(28-11-14-39-43(28)26-9-7-21(20-38)8-10-26)29(33(48)44(42)27-6-4-5-23(19-27)34(35,36)37)32(47)41-25-17-22(18-25)31(46)40-24-12-15-45(2,3)16-13-24/h4-11,14,19,22,24-25H,12-13,15-18H2,1-3H3,(H-,40,41,46,47)/p+1/t22-,25-. The lowest BCUT2D eigenvalue weighted by Crippen LogP contribution is -2.55. The van der Waals surface area contributed by atoms with E-state index in [1.54, 1.807) is 30.3 Å². The van der Waals surface area contributed by atoms with Crippen molar-refractivity contribution >= 4 is 11.8 Å². The maximum absolute atomic E-state index is 14.0. The van der Waals surface area contributed by atoms with Crippen LogP contribution in [0, 0.1) is 17.2 Å². The largest absolute Gasteiger partial charge is 0.416 e. The first kappa shape index (κ1) is 32.8. The Balaban J connectivity index is 1.30. The topological polar surface area (TPSA) is 127 Å². The van der Waals surface area contributed by atoms with Crippen molar-refractivity contribution in [1.82, 2.24) is 29.8 Å². The highest BCUT2D eigenvalue weighted by Gasteiger charge is 2.39. The molecule has 3 heterocycles. The third-order valence-corrected chi connectivity index (χ3v) is 9.39. The first-order valence-electron chi connectivity index (χ1n) is 15.7. The predicted molar refractivity (Wildman–Crippen MR) is 170 cm³/mol. The summed E-state index contributed by atoms with van der Waals surface area (Å²) in [7, 11) is 5.83. The van der Waals surface area contributed by atoms with Gasteiger partial charge in [0.2, 0.25) is 5.91 Å². The van der Waals surface area contributed by atoms with Crippen LogP contribution in [0.4, 0.5) is 13.2 Å². The number of quaternary nitrogens is 1. The van der Waals surface area contributed by atoms with E-state index in [4.69, 9.17) is 0 Å². The Hall–Kier alpha value is -5.16. The summed E-state index contributed by atoms with van der Waals surface area (Å²) in [6.45, 7) is 1.96. The van der Waals surface area contributed by atoms with Crippen LogP contribution in [0.15, 0.2) is 65.6 Å². The molecule has 0 atom stereocenters. The number of aromatic nitrogens is 4. The summed E-state index contributed by atoms with van der Waals surface area (Å²) in [6, 6.07) is 14.2. The van der Waals surface area contributed by atoms with E-state index in [0.29, 0.717) is 29.8 Å². The first-order chi connectivity index (χ1) is 22.8. The molecule has 0 unspecified atom stereocenters. The molecule has 2 N–H and O–H groups in total. The molecule has 6 rings (SSSR count). The zero-order valence-electron chi connectivity index (χ0n) is 26.8. The summed E-state index contributed by atoms with van der Waals surface area (Å²) in [5.74, 6) is -1.02. The zero-order valence-corrected chi connectivity index (χ0v) is 26.8. The molecule has 250 valence electrons. The number of benzene rings is 2. The number of likely N-dealkylation sites (tertiary alicyclic amines) is 1. The Morgan fingerprint density at radius 3 is 2.31 bits per heavy atom. The smallest absolute Gasteiger partial charge is 0.353 e. The summed E-state index contributed by atoms with van der Waals surface area (Å²) in [5, 5.41) is 19.6. The fourth-order valence-electron chi connectivity index (χ4n) is 6.51. The van der Waals surface area contributed by atoms with Gasteiger partial charge in [-0.25, -0.2) is 9.36 Å². The van der Waals surface area contributed by atoms with Gasteiger partial charge in [-0.2, -0.15) is 23.5 Å². The number of halogens is 3. The normalized spacial score (nSPS) is 19.3. The van der Waals surface area contributed by atoms with Gasteiger partial charge >= 0.3 is 6.18 Å². The van der Waals surface area contributed by atoms with E-state index in [2.05, 4.69) is 29.8 Å². The number of nitriles is 1. The van der Waals surface area contributed by atoms with Gasteiger partial charge in [0, 0.05) is 37.9 Å². The Morgan fingerprint density at radius 1 is 0.979 bits per heavy atom. The average Bonchev–Trinajstić information content (AvgIpc) is 3.60. The van der Waals surface area contributed by atoms with E-state index < -0.39 is 23.2 Å². The first-order valence-corrected chi connectivity index (χ1v) is 15.7. The summed E-state index contributed by atoms with van der Waals surface area (Å²) < 4.78 is 45.7. The molecule has 2 aromatic carbocycles. The van der Waals surface area contributed by atoms with Crippen molar-refractivity contribution in [2.75, 3.05) is 27.2 Å². The van der Waals surface area contributed by atoms with Crippen LogP contribution in [0.25, 0.3) is 22.8 Å². The molecular formula is C34H36F3N8O3+. The number of nitrogens with zero attached hydrogens (tertiary/aromatic N) is 6. The molecule has 0 bridgehead atoms. The fraction of sp³-hybridized carbons (Fsp3) is 0.382. The SMILES string of the molecule is Cn1c(-c2ccnn2-c2ccc(C#N)cc2)c(C(=O)N[C@H]2C[C@H](C(=O)NC3CC[N+](C)(C)CC3)C2)c(=O)n1-c1cccc(C(F)(F)F)c1. The molecule has 1 aliphatic carbocycles. The minimum absolute atomic E-state index is 0.0451. The predicted octanol–water partition coefficient (Wildman–Crippen LogP) is 3.78. The molecular weight excluding hydrogens is 625 g/mol. The van der Waals surface area contributed by atoms with Crippen LogP contribution in [0.1, 0.15) is 47.2 Å². The molecule has 2 amide bonds. The molecule has 2 aromatic heterocycles. The summed E-state index contributed by atoms with van der Waals surface area (Å²) >= 11 is 0. The van der Waals surface area contributed by atoms with Gasteiger partial charge < -0.3 is 15.1 Å². The van der Waals surface area contributed by atoms with Gasteiger partial charge in [0.25, 0.3) is 11.5 Å². The van der Waals surface area contributed by atoms with Crippen LogP contribution in [0.5, 0.6) is 0 Å². The number of amides is 2. The number of carbonyl (C=O) groups is 2. The van der Waals surface area contributed by atoms with Crippen LogP contribution in [0.3, 0.4) is 0 Å². The maximum atomic E-state index is 14.0. The molecule has 11 nitrogen and oxygen atoms in total. The molecule has 1 saturated carbocycles. The fourth-order valence-corrected chi connectivity index (χ4v) is 6.51. The second-order valence-corrected chi connectivity index (χ2v) is 13.2. The van der Waals surface area contributed by atoms with Crippen LogP contribution >= 0.6 is 0 Å². The monoisotopic (exact) mass is 661 g/mol. The minimum atomic E-state index is -4.65. The number of hydrogen-bond donors (Lipinski definition) is 2. The van der Waals surface area contributed by atoms with Gasteiger partial charge in [-0.3, -0.25) is 19.1 Å². The van der Waals surface area contributed by atoms with Crippen LogP contribution in [0.2, 0.25) is 0 Å². The highest BCUT2D eigenvalue weighted by molar-refractivity contribution is 6.00. The summed E-state index contributed by atoms with van der Waals surface area (Å²) in [6.07, 6.45) is -0.568. The van der Waals surface area contributed by atoms with Crippen molar-refractivity contribution in [1.29, 1.82) is 5.26 Å². The Morgan fingerprint density at radius 2 is 1.67 bits per heavy atom.